The van der Waals surface area contributed by atoms with Crippen molar-refractivity contribution in [2.75, 3.05) is 0 Å². The molecule has 0 aromatic carbocycles. The molecule has 5 aliphatic carbocycles. The second kappa shape index (κ2) is 6.39. The predicted octanol–water partition coefficient (Wildman–Crippen LogP) is 5.86. The van der Waals surface area contributed by atoms with Crippen LogP contribution in [-0.4, -0.2) is 29.1 Å². The van der Waals surface area contributed by atoms with Gasteiger partial charge >= 0.3 is 5.97 Å². The molecule has 1 saturated heterocycles. The molecule has 1 aliphatic heterocycles. The summed E-state index contributed by atoms with van der Waals surface area (Å²) in [6.07, 6.45) is 9.33. The van der Waals surface area contributed by atoms with Gasteiger partial charge in [0.05, 0.1) is 11.5 Å². The molecule has 4 saturated carbocycles. The summed E-state index contributed by atoms with van der Waals surface area (Å²) in [5, 5.41) is 10.9. The first-order chi connectivity index (χ1) is 15.6. The standard InChI is InChI=1S/C30H44O4/c1-25(2)20-8-11-30(7)23(28(20,5)10-9-21(25)32)19(31)14-17-18-15-26(3)16-22(34-24(26)33)27(18,4)12-13-29(17,30)6/h14,18,20-23,32H,8-13,15-16H2,1-7H3/t18-,20-,21-,22+,23+,26+,27+,28-,29+,30+/m0/s1. The number of allylic oxidation sites excluding steroid dienone is 2. The van der Waals surface area contributed by atoms with Crippen LogP contribution in [0.1, 0.15) is 99.8 Å². The molecular formula is C30H44O4. The topological polar surface area (TPSA) is 63.6 Å². The van der Waals surface area contributed by atoms with Crippen molar-refractivity contribution in [1.82, 2.24) is 0 Å². The molecule has 0 aromatic heterocycles. The van der Waals surface area contributed by atoms with Gasteiger partial charge in [-0.15, -0.1) is 0 Å². The van der Waals surface area contributed by atoms with E-state index in [1.54, 1.807) is 0 Å². The van der Waals surface area contributed by atoms with Crippen LogP contribution < -0.4 is 0 Å². The number of carbonyl (C=O) groups excluding carboxylic acids is 2. The number of esters is 1. The first kappa shape index (κ1) is 23.3. The van der Waals surface area contributed by atoms with Gasteiger partial charge in [0, 0.05) is 17.8 Å². The highest BCUT2D eigenvalue weighted by Crippen LogP contribution is 2.75. The summed E-state index contributed by atoms with van der Waals surface area (Å²) in [5.74, 6) is 0.871. The fourth-order valence-corrected chi connectivity index (χ4v) is 10.9. The molecule has 0 radical (unpaired) electrons. The summed E-state index contributed by atoms with van der Waals surface area (Å²) in [6.45, 7) is 16.1. The third-order valence-corrected chi connectivity index (χ3v) is 13.3. The molecule has 6 aliphatic rings. The summed E-state index contributed by atoms with van der Waals surface area (Å²) in [7, 11) is 0. The first-order valence-electron chi connectivity index (χ1n) is 13.8. The predicted molar refractivity (Wildman–Crippen MR) is 131 cm³/mol. The Labute approximate surface area is 205 Å². The highest BCUT2D eigenvalue weighted by atomic mass is 16.6. The minimum absolute atomic E-state index is 0.00240. The van der Waals surface area contributed by atoms with Crippen molar-refractivity contribution in [2.45, 2.75) is 112 Å². The number of ketones is 1. The molecule has 0 aromatic rings. The van der Waals surface area contributed by atoms with Crippen LogP contribution in [0, 0.1) is 50.2 Å². The second-order valence-corrected chi connectivity index (χ2v) is 15.1. The van der Waals surface area contributed by atoms with Crippen molar-refractivity contribution < 1.29 is 19.4 Å². The molecule has 6 rings (SSSR count). The maximum Gasteiger partial charge on any atom is 0.312 e. The highest BCUT2D eigenvalue weighted by molar-refractivity contribution is 5.95. The van der Waals surface area contributed by atoms with Crippen LogP contribution in [0.25, 0.3) is 0 Å². The van der Waals surface area contributed by atoms with E-state index in [1.165, 1.54) is 5.57 Å². The molecule has 10 atom stereocenters. The molecule has 4 nitrogen and oxygen atoms in total. The van der Waals surface area contributed by atoms with Crippen LogP contribution in [0.3, 0.4) is 0 Å². The molecule has 1 N–H and O–H groups in total. The van der Waals surface area contributed by atoms with Crippen molar-refractivity contribution in [3.63, 3.8) is 0 Å². The zero-order chi connectivity index (χ0) is 24.7. The number of fused-ring (bicyclic) bond motifs is 10. The van der Waals surface area contributed by atoms with Gasteiger partial charge in [-0.05, 0) is 91.4 Å². The molecule has 4 heteroatoms. The largest absolute Gasteiger partial charge is 0.461 e. The summed E-state index contributed by atoms with van der Waals surface area (Å²) in [4.78, 5) is 27.1. The molecule has 1 heterocycles. The molecular weight excluding hydrogens is 424 g/mol. The normalized spacial score (nSPS) is 57.5. The van der Waals surface area contributed by atoms with Gasteiger partial charge in [-0.3, -0.25) is 9.59 Å². The van der Waals surface area contributed by atoms with Crippen molar-refractivity contribution in [3.8, 4) is 0 Å². The fourth-order valence-electron chi connectivity index (χ4n) is 10.9. The molecule has 0 unspecified atom stereocenters. The van der Waals surface area contributed by atoms with Crippen LogP contribution in [0.15, 0.2) is 11.6 Å². The van der Waals surface area contributed by atoms with Crippen molar-refractivity contribution in [3.05, 3.63) is 11.6 Å². The zero-order valence-electron chi connectivity index (χ0n) is 22.3. The van der Waals surface area contributed by atoms with Crippen LogP contribution in [-0.2, 0) is 14.3 Å². The third kappa shape index (κ3) is 2.41. The quantitative estimate of drug-likeness (QED) is 0.452. The van der Waals surface area contributed by atoms with Gasteiger partial charge in [0.25, 0.3) is 0 Å². The Morgan fingerprint density at radius 1 is 0.882 bits per heavy atom. The van der Waals surface area contributed by atoms with E-state index >= 15 is 0 Å². The van der Waals surface area contributed by atoms with Crippen molar-refractivity contribution in [1.29, 1.82) is 0 Å². The average molecular weight is 469 g/mol. The number of hydrogen-bond acceptors (Lipinski definition) is 4. The van der Waals surface area contributed by atoms with Gasteiger partial charge in [-0.25, -0.2) is 0 Å². The van der Waals surface area contributed by atoms with Gasteiger partial charge in [-0.2, -0.15) is 0 Å². The van der Waals surface area contributed by atoms with Gasteiger partial charge < -0.3 is 9.84 Å². The van der Waals surface area contributed by atoms with E-state index in [-0.39, 0.29) is 57.1 Å². The summed E-state index contributed by atoms with van der Waals surface area (Å²) in [5.41, 5.74) is 0.452. The molecule has 5 fully saturated rings. The summed E-state index contributed by atoms with van der Waals surface area (Å²) < 4.78 is 5.98. The third-order valence-electron chi connectivity index (χ3n) is 13.3. The van der Waals surface area contributed by atoms with E-state index < -0.39 is 5.41 Å². The lowest BCUT2D eigenvalue weighted by Crippen LogP contribution is -2.67. The number of carbonyl (C=O) groups is 2. The van der Waals surface area contributed by atoms with E-state index in [1.807, 2.05) is 0 Å². The van der Waals surface area contributed by atoms with E-state index in [0.29, 0.717) is 11.7 Å². The number of aliphatic hydroxyl groups is 1. The second-order valence-electron chi connectivity index (χ2n) is 15.1. The Hall–Kier alpha value is -1.16. The SMILES string of the molecule is CC1(C)[C@@H](O)CC[C@]2(C)[C@H]3C(=O)C=C4[C@@H]5C[C@]6(C)C[C@@H](OC6=O)[C@]5(C)CC[C@@]4(C)[C@]3(C)CC[C@@H]12. The lowest BCUT2D eigenvalue weighted by Gasteiger charge is -2.70. The Morgan fingerprint density at radius 3 is 2.29 bits per heavy atom. The zero-order valence-corrected chi connectivity index (χ0v) is 22.3. The summed E-state index contributed by atoms with van der Waals surface area (Å²) in [6, 6.07) is 0. The van der Waals surface area contributed by atoms with Gasteiger partial charge in [0.2, 0.25) is 0 Å². The lowest BCUT2D eigenvalue weighted by molar-refractivity contribution is -0.203. The number of rotatable bonds is 0. The van der Waals surface area contributed by atoms with Crippen molar-refractivity contribution >= 4 is 11.8 Å². The monoisotopic (exact) mass is 468 g/mol. The Morgan fingerprint density at radius 2 is 1.59 bits per heavy atom. The van der Waals surface area contributed by atoms with E-state index in [2.05, 4.69) is 54.5 Å². The van der Waals surface area contributed by atoms with Crippen LogP contribution in [0.4, 0.5) is 0 Å². The molecule has 0 spiro atoms. The number of hydrogen-bond donors (Lipinski definition) is 1. The van der Waals surface area contributed by atoms with Crippen LogP contribution in [0.5, 0.6) is 0 Å². The highest BCUT2D eigenvalue weighted by Gasteiger charge is 2.72. The molecule has 0 amide bonds. The molecule has 2 bridgehead atoms. The van der Waals surface area contributed by atoms with E-state index in [9.17, 15) is 14.7 Å². The number of ether oxygens (including phenoxy) is 1. The molecule has 188 valence electrons. The maximum atomic E-state index is 14.2. The van der Waals surface area contributed by atoms with E-state index in [4.69, 9.17) is 4.74 Å². The van der Waals surface area contributed by atoms with E-state index in [0.717, 1.165) is 51.4 Å². The Bertz CT molecular complexity index is 1010. The van der Waals surface area contributed by atoms with Crippen molar-refractivity contribution in [2.24, 2.45) is 50.2 Å². The average Bonchev–Trinajstić information content (AvgIpc) is 3.00. The van der Waals surface area contributed by atoms with Gasteiger partial charge in [-0.1, -0.05) is 47.1 Å². The fraction of sp³-hybridized carbons (Fsp3) is 0.867. The maximum absolute atomic E-state index is 14.2. The van der Waals surface area contributed by atoms with Gasteiger partial charge in [0.1, 0.15) is 6.10 Å². The van der Waals surface area contributed by atoms with Crippen LogP contribution >= 0.6 is 0 Å². The van der Waals surface area contributed by atoms with Crippen LogP contribution in [0.2, 0.25) is 0 Å². The first-order valence-corrected chi connectivity index (χ1v) is 13.8. The smallest absolute Gasteiger partial charge is 0.312 e. The lowest BCUT2D eigenvalue weighted by atomic mass is 9.33. The Balaban J connectivity index is 1.48. The Kier molecular flexibility index (Phi) is 4.37. The molecule has 34 heavy (non-hydrogen) atoms. The summed E-state index contributed by atoms with van der Waals surface area (Å²) >= 11 is 0. The minimum atomic E-state index is -0.415. The minimum Gasteiger partial charge on any atom is -0.461 e. The number of aliphatic hydroxyl groups excluding tert-OH is 1. The van der Waals surface area contributed by atoms with Gasteiger partial charge in [0.15, 0.2) is 5.78 Å².